The van der Waals surface area contributed by atoms with Crippen LogP contribution in [0.15, 0.2) is 28.1 Å². The number of aryl methyl sites for hydroxylation is 1. The Balaban J connectivity index is 1.27. The zero-order valence-electron chi connectivity index (χ0n) is 15.9. The highest BCUT2D eigenvalue weighted by atomic mass is 32.1. The summed E-state index contributed by atoms with van der Waals surface area (Å²) in [5.74, 6) is 2.47. The Kier molecular flexibility index (Phi) is 4.50. The van der Waals surface area contributed by atoms with E-state index in [0.717, 1.165) is 48.7 Å². The molecule has 0 aromatic carbocycles. The van der Waals surface area contributed by atoms with Crippen molar-refractivity contribution >= 4 is 17.2 Å². The lowest BCUT2D eigenvalue weighted by Gasteiger charge is -2.32. The van der Waals surface area contributed by atoms with Crippen LogP contribution in [-0.2, 0) is 13.5 Å². The van der Waals surface area contributed by atoms with Gasteiger partial charge in [0.05, 0.1) is 4.88 Å². The normalized spacial score (nSPS) is 19.9. The van der Waals surface area contributed by atoms with Crippen molar-refractivity contribution in [3.05, 3.63) is 41.0 Å². The van der Waals surface area contributed by atoms with Crippen molar-refractivity contribution in [3.63, 3.8) is 0 Å². The maximum Gasteiger partial charge on any atom is 0.272 e. The standard InChI is InChI=1S/C20H23N5O2S/c1-24-16(11-15(22-24)17-5-3-9-28-17)20(26)25-8-2-4-13(12-25)10-18-21-19(23-27-18)14-6-7-14/h3,5,9,11,13-14H,2,4,6-8,10,12H2,1H3/t13-/m0/s1. The van der Waals surface area contributed by atoms with Crippen molar-refractivity contribution in [3.8, 4) is 10.6 Å². The molecule has 0 unspecified atom stereocenters. The van der Waals surface area contributed by atoms with Crippen molar-refractivity contribution in [2.45, 2.75) is 38.0 Å². The molecule has 0 N–H and O–H groups in total. The molecule has 8 heteroatoms. The lowest BCUT2D eigenvalue weighted by atomic mass is 9.94. The van der Waals surface area contributed by atoms with Crippen molar-refractivity contribution in [2.24, 2.45) is 13.0 Å². The second-order valence-corrected chi connectivity index (χ2v) is 8.75. The quantitative estimate of drug-likeness (QED) is 0.658. The summed E-state index contributed by atoms with van der Waals surface area (Å²) in [6, 6.07) is 5.92. The number of amides is 1. The topological polar surface area (TPSA) is 77.1 Å². The Morgan fingerprint density at radius 2 is 2.25 bits per heavy atom. The maximum atomic E-state index is 13.1. The lowest BCUT2D eigenvalue weighted by Crippen LogP contribution is -2.41. The summed E-state index contributed by atoms with van der Waals surface area (Å²) in [6.45, 7) is 1.51. The molecule has 5 rings (SSSR count). The molecule has 4 heterocycles. The van der Waals surface area contributed by atoms with Crippen LogP contribution in [0.4, 0.5) is 0 Å². The smallest absolute Gasteiger partial charge is 0.272 e. The number of rotatable bonds is 5. The first-order valence-corrected chi connectivity index (χ1v) is 10.7. The van der Waals surface area contributed by atoms with Gasteiger partial charge in [-0.3, -0.25) is 9.48 Å². The van der Waals surface area contributed by atoms with Gasteiger partial charge in [-0.1, -0.05) is 11.2 Å². The molecular weight excluding hydrogens is 374 g/mol. The van der Waals surface area contributed by atoms with Gasteiger partial charge in [-0.05, 0) is 49.1 Å². The first kappa shape index (κ1) is 17.6. The van der Waals surface area contributed by atoms with Crippen LogP contribution in [0.2, 0.25) is 0 Å². The molecule has 1 saturated heterocycles. The summed E-state index contributed by atoms with van der Waals surface area (Å²) in [7, 11) is 1.84. The molecule has 3 aromatic rings. The van der Waals surface area contributed by atoms with Gasteiger partial charge in [0.2, 0.25) is 5.89 Å². The fourth-order valence-corrected chi connectivity index (χ4v) is 4.58. The highest BCUT2D eigenvalue weighted by molar-refractivity contribution is 7.13. The van der Waals surface area contributed by atoms with Gasteiger partial charge < -0.3 is 9.42 Å². The maximum absolute atomic E-state index is 13.1. The summed E-state index contributed by atoms with van der Waals surface area (Å²) in [5, 5.41) is 10.7. The Morgan fingerprint density at radius 3 is 3.04 bits per heavy atom. The fraction of sp³-hybridized carbons (Fsp3) is 0.500. The average Bonchev–Trinajstić information content (AvgIpc) is 3.10. The highest BCUT2D eigenvalue weighted by Crippen LogP contribution is 2.38. The number of piperidine rings is 1. The molecule has 1 amide bonds. The van der Waals surface area contributed by atoms with Crippen molar-refractivity contribution in [2.75, 3.05) is 13.1 Å². The van der Waals surface area contributed by atoms with Gasteiger partial charge >= 0.3 is 0 Å². The monoisotopic (exact) mass is 397 g/mol. The van der Waals surface area contributed by atoms with E-state index in [0.29, 0.717) is 23.4 Å². The third kappa shape index (κ3) is 3.48. The van der Waals surface area contributed by atoms with Crippen LogP contribution in [0, 0.1) is 5.92 Å². The first-order chi connectivity index (χ1) is 13.7. The number of aromatic nitrogens is 4. The SMILES string of the molecule is Cn1nc(-c2cccs2)cc1C(=O)N1CCC[C@@H](Cc2nc(C3CC3)no2)C1. The summed E-state index contributed by atoms with van der Waals surface area (Å²) in [6.07, 6.45) is 5.16. The van der Waals surface area contributed by atoms with E-state index in [9.17, 15) is 4.79 Å². The number of thiophene rings is 1. The average molecular weight is 398 g/mol. The van der Waals surface area contributed by atoms with Gasteiger partial charge in [-0.15, -0.1) is 11.3 Å². The summed E-state index contributed by atoms with van der Waals surface area (Å²) >= 11 is 1.63. The molecule has 0 radical (unpaired) electrons. The number of carbonyl (C=O) groups excluding carboxylic acids is 1. The van der Waals surface area contributed by atoms with Crippen LogP contribution in [0.25, 0.3) is 10.6 Å². The van der Waals surface area contributed by atoms with Gasteiger partial charge in [0, 0.05) is 32.5 Å². The van der Waals surface area contributed by atoms with Crippen LogP contribution in [-0.4, -0.2) is 43.8 Å². The molecule has 1 aliphatic carbocycles. The van der Waals surface area contributed by atoms with E-state index in [1.807, 2.05) is 35.5 Å². The van der Waals surface area contributed by atoms with Crippen LogP contribution in [0.3, 0.4) is 0 Å². The van der Waals surface area contributed by atoms with E-state index in [2.05, 4.69) is 15.2 Å². The Labute approximate surface area is 167 Å². The summed E-state index contributed by atoms with van der Waals surface area (Å²) < 4.78 is 7.13. The first-order valence-electron chi connectivity index (χ1n) is 9.87. The summed E-state index contributed by atoms with van der Waals surface area (Å²) in [4.78, 5) is 20.7. The number of likely N-dealkylation sites (tertiary alicyclic amines) is 1. The van der Waals surface area contributed by atoms with E-state index in [-0.39, 0.29) is 5.91 Å². The molecule has 0 bridgehead atoms. The number of hydrogen-bond acceptors (Lipinski definition) is 6. The molecule has 3 aromatic heterocycles. The zero-order chi connectivity index (χ0) is 19.1. The number of hydrogen-bond donors (Lipinski definition) is 0. The van der Waals surface area contributed by atoms with Gasteiger partial charge in [0.1, 0.15) is 11.4 Å². The van der Waals surface area contributed by atoms with Gasteiger partial charge in [-0.25, -0.2) is 0 Å². The van der Waals surface area contributed by atoms with E-state index in [1.54, 1.807) is 16.0 Å². The molecule has 2 aliphatic rings. The second kappa shape index (κ2) is 7.16. The molecule has 1 saturated carbocycles. The fourth-order valence-electron chi connectivity index (χ4n) is 3.90. The minimum absolute atomic E-state index is 0.0479. The minimum Gasteiger partial charge on any atom is -0.339 e. The predicted octanol–water partition coefficient (Wildman–Crippen LogP) is 3.50. The molecule has 1 aliphatic heterocycles. The lowest BCUT2D eigenvalue weighted by molar-refractivity contribution is 0.0657. The van der Waals surface area contributed by atoms with Gasteiger partial charge in [0.15, 0.2) is 5.82 Å². The predicted molar refractivity (Wildman–Crippen MR) is 105 cm³/mol. The molecule has 0 spiro atoms. The molecule has 146 valence electrons. The third-order valence-corrected chi connectivity index (χ3v) is 6.46. The Hall–Kier alpha value is -2.48. The second-order valence-electron chi connectivity index (χ2n) is 7.80. The summed E-state index contributed by atoms with van der Waals surface area (Å²) in [5.41, 5.74) is 1.49. The van der Waals surface area contributed by atoms with Crippen LogP contribution >= 0.6 is 11.3 Å². The molecule has 7 nitrogen and oxygen atoms in total. The molecule has 28 heavy (non-hydrogen) atoms. The van der Waals surface area contributed by atoms with E-state index >= 15 is 0 Å². The van der Waals surface area contributed by atoms with Crippen LogP contribution < -0.4 is 0 Å². The van der Waals surface area contributed by atoms with Crippen LogP contribution in [0.5, 0.6) is 0 Å². The van der Waals surface area contributed by atoms with Crippen molar-refractivity contribution in [1.29, 1.82) is 0 Å². The Morgan fingerprint density at radius 1 is 1.36 bits per heavy atom. The minimum atomic E-state index is 0.0479. The van der Waals surface area contributed by atoms with E-state index in [1.165, 1.54) is 12.8 Å². The third-order valence-electron chi connectivity index (χ3n) is 5.57. The Bertz CT molecular complexity index is 973. The molecular formula is C20H23N5O2S. The van der Waals surface area contributed by atoms with E-state index < -0.39 is 0 Å². The molecule has 1 atom stereocenters. The van der Waals surface area contributed by atoms with Gasteiger partial charge in [-0.2, -0.15) is 10.1 Å². The van der Waals surface area contributed by atoms with Gasteiger partial charge in [0.25, 0.3) is 5.91 Å². The number of nitrogens with zero attached hydrogens (tertiary/aromatic N) is 5. The van der Waals surface area contributed by atoms with Crippen molar-refractivity contribution in [1.82, 2.24) is 24.8 Å². The van der Waals surface area contributed by atoms with Crippen LogP contribution in [0.1, 0.15) is 53.8 Å². The van der Waals surface area contributed by atoms with E-state index in [4.69, 9.17) is 4.52 Å². The molecule has 2 fully saturated rings. The highest BCUT2D eigenvalue weighted by Gasteiger charge is 2.31. The number of carbonyl (C=O) groups is 1. The largest absolute Gasteiger partial charge is 0.339 e. The zero-order valence-corrected chi connectivity index (χ0v) is 16.7. The van der Waals surface area contributed by atoms with Crippen molar-refractivity contribution < 1.29 is 9.32 Å².